The van der Waals surface area contributed by atoms with Gasteiger partial charge in [-0.1, -0.05) is 6.92 Å². The molecule has 0 radical (unpaired) electrons. The molecule has 15 heavy (non-hydrogen) atoms. The van der Waals surface area contributed by atoms with Gasteiger partial charge in [-0.15, -0.1) is 0 Å². The fourth-order valence-corrected chi connectivity index (χ4v) is 1.08. The van der Waals surface area contributed by atoms with Crippen molar-refractivity contribution in [1.29, 1.82) is 0 Å². The van der Waals surface area contributed by atoms with Crippen molar-refractivity contribution in [1.82, 2.24) is 10.3 Å². The molecule has 0 aliphatic carbocycles. The maximum atomic E-state index is 11.6. The maximum absolute atomic E-state index is 11.6. The lowest BCUT2D eigenvalue weighted by molar-refractivity contribution is 0.0910. The van der Waals surface area contributed by atoms with Gasteiger partial charge in [0.05, 0.1) is 24.5 Å². The van der Waals surface area contributed by atoms with E-state index in [9.17, 15) is 4.79 Å². The van der Waals surface area contributed by atoms with Crippen LogP contribution in [0.4, 0.5) is 5.69 Å². The second-order valence-corrected chi connectivity index (χ2v) is 3.24. The van der Waals surface area contributed by atoms with Gasteiger partial charge in [0.2, 0.25) is 0 Å². The minimum absolute atomic E-state index is 0.0722. The average molecular weight is 209 g/mol. The largest absolute Gasteiger partial charge is 0.397 e. The molecule has 1 amide bonds. The van der Waals surface area contributed by atoms with Gasteiger partial charge in [0.15, 0.2) is 0 Å². The molecule has 5 heteroatoms. The molecule has 0 bridgehead atoms. The smallest absolute Gasteiger partial charge is 0.270 e. The molecule has 4 N–H and O–H groups in total. The van der Waals surface area contributed by atoms with E-state index in [0.29, 0.717) is 17.8 Å². The van der Waals surface area contributed by atoms with Gasteiger partial charge in [0.1, 0.15) is 5.69 Å². The van der Waals surface area contributed by atoms with Gasteiger partial charge in [-0.05, 0) is 18.6 Å². The third-order valence-corrected chi connectivity index (χ3v) is 2.07. The van der Waals surface area contributed by atoms with Gasteiger partial charge < -0.3 is 16.2 Å². The van der Waals surface area contributed by atoms with Crippen molar-refractivity contribution in [3.8, 4) is 0 Å². The second-order valence-electron chi connectivity index (χ2n) is 3.24. The summed E-state index contributed by atoms with van der Waals surface area (Å²) in [6.45, 7) is 1.81. The molecular formula is C10H15N3O2. The molecule has 0 aromatic carbocycles. The first-order chi connectivity index (χ1) is 7.17. The topological polar surface area (TPSA) is 88.2 Å². The standard InChI is InChI=1S/C10H15N3O2/c1-2-8(6-14)13-10(15)9-4-3-7(11)5-12-9/h3-5,8,14H,2,6,11H2,1H3,(H,13,15). The van der Waals surface area contributed by atoms with Gasteiger partial charge >= 0.3 is 0 Å². The normalized spacial score (nSPS) is 12.1. The Morgan fingerprint density at radius 3 is 2.87 bits per heavy atom. The molecule has 0 spiro atoms. The van der Waals surface area contributed by atoms with Gasteiger partial charge in [0.25, 0.3) is 5.91 Å². The van der Waals surface area contributed by atoms with E-state index in [1.165, 1.54) is 6.20 Å². The lowest BCUT2D eigenvalue weighted by atomic mass is 10.2. The Bertz CT molecular complexity index is 320. The highest BCUT2D eigenvalue weighted by Gasteiger charge is 2.11. The van der Waals surface area contributed by atoms with E-state index in [1.54, 1.807) is 12.1 Å². The van der Waals surface area contributed by atoms with Crippen LogP contribution in [0.5, 0.6) is 0 Å². The minimum Gasteiger partial charge on any atom is -0.397 e. The molecule has 0 aliphatic rings. The number of nitrogens with zero attached hydrogens (tertiary/aromatic N) is 1. The number of aliphatic hydroxyl groups is 1. The number of carbonyl (C=O) groups excluding carboxylic acids is 1. The first-order valence-corrected chi connectivity index (χ1v) is 4.80. The number of aromatic nitrogens is 1. The molecule has 0 saturated carbocycles. The van der Waals surface area contributed by atoms with E-state index in [0.717, 1.165) is 0 Å². The number of hydrogen-bond donors (Lipinski definition) is 3. The number of nitrogen functional groups attached to an aromatic ring is 1. The molecule has 1 rings (SSSR count). The summed E-state index contributed by atoms with van der Waals surface area (Å²) in [5.74, 6) is -0.295. The number of rotatable bonds is 4. The van der Waals surface area contributed by atoms with Crippen LogP contribution in [0.2, 0.25) is 0 Å². The Morgan fingerprint density at radius 1 is 1.67 bits per heavy atom. The van der Waals surface area contributed by atoms with E-state index in [2.05, 4.69) is 10.3 Å². The Balaban J connectivity index is 2.64. The van der Waals surface area contributed by atoms with Gasteiger partial charge in [0, 0.05) is 0 Å². The van der Waals surface area contributed by atoms with Gasteiger partial charge in [-0.2, -0.15) is 0 Å². The van der Waals surface area contributed by atoms with Crippen molar-refractivity contribution in [2.45, 2.75) is 19.4 Å². The fourth-order valence-electron chi connectivity index (χ4n) is 1.08. The molecule has 1 aromatic heterocycles. The zero-order valence-corrected chi connectivity index (χ0v) is 8.60. The highest BCUT2D eigenvalue weighted by Crippen LogP contribution is 2.01. The molecule has 0 saturated heterocycles. The van der Waals surface area contributed by atoms with Crippen LogP contribution in [0, 0.1) is 0 Å². The van der Waals surface area contributed by atoms with Crippen LogP contribution in [-0.2, 0) is 0 Å². The molecule has 1 atom stereocenters. The van der Waals surface area contributed by atoms with Crippen molar-refractivity contribution in [3.63, 3.8) is 0 Å². The molecule has 5 nitrogen and oxygen atoms in total. The van der Waals surface area contributed by atoms with E-state index >= 15 is 0 Å². The van der Waals surface area contributed by atoms with Gasteiger partial charge in [-0.25, -0.2) is 4.98 Å². The summed E-state index contributed by atoms with van der Waals surface area (Å²) >= 11 is 0. The van der Waals surface area contributed by atoms with Crippen LogP contribution in [-0.4, -0.2) is 28.6 Å². The zero-order chi connectivity index (χ0) is 11.3. The molecular weight excluding hydrogens is 194 g/mol. The minimum atomic E-state index is -0.295. The molecule has 1 aromatic rings. The Hall–Kier alpha value is -1.62. The Morgan fingerprint density at radius 2 is 2.40 bits per heavy atom. The first-order valence-electron chi connectivity index (χ1n) is 4.80. The lowest BCUT2D eigenvalue weighted by Crippen LogP contribution is -2.37. The summed E-state index contributed by atoms with van der Waals surface area (Å²) in [6, 6.07) is 2.94. The van der Waals surface area contributed by atoms with Gasteiger partial charge in [-0.3, -0.25) is 4.79 Å². The average Bonchev–Trinajstić information content (AvgIpc) is 2.26. The number of carbonyl (C=O) groups is 1. The second kappa shape index (κ2) is 5.31. The summed E-state index contributed by atoms with van der Waals surface area (Å²) in [6.07, 6.45) is 2.10. The lowest BCUT2D eigenvalue weighted by Gasteiger charge is -2.13. The van der Waals surface area contributed by atoms with Crippen LogP contribution in [0.15, 0.2) is 18.3 Å². The predicted octanol–water partition coefficient (Wildman–Crippen LogP) is 0.164. The molecule has 1 heterocycles. The third-order valence-electron chi connectivity index (χ3n) is 2.07. The van der Waals surface area contributed by atoms with Crippen molar-refractivity contribution >= 4 is 11.6 Å². The van der Waals surface area contributed by atoms with Crippen molar-refractivity contribution < 1.29 is 9.90 Å². The summed E-state index contributed by atoms with van der Waals surface area (Å²) < 4.78 is 0. The quantitative estimate of drug-likeness (QED) is 0.659. The molecule has 0 aliphatic heterocycles. The number of pyridine rings is 1. The van der Waals surface area contributed by atoms with E-state index in [1.807, 2.05) is 6.92 Å². The maximum Gasteiger partial charge on any atom is 0.270 e. The van der Waals surface area contributed by atoms with E-state index < -0.39 is 0 Å². The summed E-state index contributed by atoms with van der Waals surface area (Å²) in [4.78, 5) is 15.4. The Labute approximate surface area is 88.3 Å². The van der Waals surface area contributed by atoms with Crippen molar-refractivity contribution in [2.24, 2.45) is 0 Å². The van der Waals surface area contributed by atoms with E-state index in [-0.39, 0.29) is 18.6 Å². The summed E-state index contributed by atoms with van der Waals surface area (Å²) in [5, 5.41) is 11.6. The highest BCUT2D eigenvalue weighted by atomic mass is 16.3. The first kappa shape index (κ1) is 11.5. The number of aliphatic hydroxyl groups excluding tert-OH is 1. The van der Waals surface area contributed by atoms with Crippen LogP contribution in [0.3, 0.4) is 0 Å². The van der Waals surface area contributed by atoms with Crippen molar-refractivity contribution in [2.75, 3.05) is 12.3 Å². The van der Waals surface area contributed by atoms with Crippen molar-refractivity contribution in [3.05, 3.63) is 24.0 Å². The number of hydrogen-bond acceptors (Lipinski definition) is 4. The molecule has 0 fully saturated rings. The van der Waals surface area contributed by atoms with Crippen LogP contribution >= 0.6 is 0 Å². The number of nitrogens with two attached hydrogens (primary N) is 1. The Kier molecular flexibility index (Phi) is 4.05. The van der Waals surface area contributed by atoms with E-state index in [4.69, 9.17) is 10.8 Å². The third kappa shape index (κ3) is 3.21. The molecule has 1 unspecified atom stereocenters. The van der Waals surface area contributed by atoms with Crippen LogP contribution in [0.25, 0.3) is 0 Å². The summed E-state index contributed by atoms with van der Waals surface area (Å²) in [5.41, 5.74) is 6.26. The number of anilines is 1. The SMILES string of the molecule is CCC(CO)NC(=O)c1ccc(N)cn1. The highest BCUT2D eigenvalue weighted by molar-refractivity contribution is 5.92. The number of amides is 1. The fraction of sp³-hybridized carbons (Fsp3) is 0.400. The monoisotopic (exact) mass is 209 g/mol. The van der Waals surface area contributed by atoms with Crippen LogP contribution < -0.4 is 11.1 Å². The van der Waals surface area contributed by atoms with Crippen LogP contribution in [0.1, 0.15) is 23.8 Å². The predicted molar refractivity (Wildman–Crippen MR) is 57.3 cm³/mol. The molecule has 82 valence electrons. The zero-order valence-electron chi connectivity index (χ0n) is 8.60. The number of nitrogens with one attached hydrogen (secondary N) is 1. The summed E-state index contributed by atoms with van der Waals surface area (Å²) in [7, 11) is 0.